The maximum absolute atomic E-state index is 13.0. The predicted molar refractivity (Wildman–Crippen MR) is 109 cm³/mol. The summed E-state index contributed by atoms with van der Waals surface area (Å²) in [5.41, 5.74) is 2.91. The number of carbonyl (C=O) groups excluding carboxylic acids is 2. The van der Waals surface area contributed by atoms with E-state index in [1.807, 2.05) is 60.0 Å². The molecular formula is C22H21N5O2. The number of nitrogens with zero attached hydrogens (tertiary/aromatic N) is 4. The van der Waals surface area contributed by atoms with Crippen LogP contribution in [0, 0.1) is 6.92 Å². The molecule has 0 atom stereocenters. The van der Waals surface area contributed by atoms with Gasteiger partial charge >= 0.3 is 0 Å². The summed E-state index contributed by atoms with van der Waals surface area (Å²) in [5, 5.41) is 9.37. The molecule has 0 radical (unpaired) electrons. The minimum atomic E-state index is -0.439. The lowest BCUT2D eigenvalue weighted by atomic mass is 9.95. The zero-order valence-corrected chi connectivity index (χ0v) is 16.1. The molecule has 1 fully saturated rings. The quantitative estimate of drug-likeness (QED) is 0.432. The molecule has 0 aliphatic carbocycles. The number of aromatic amines is 1. The fourth-order valence-electron chi connectivity index (χ4n) is 4.30. The SMILES string of the molecule is Cc1[nH]c2ccccc2c1C(=O)C(=O)N1CCC(c2nnc3ccccn23)CC1. The lowest BCUT2D eigenvalue weighted by Gasteiger charge is -2.30. The fraction of sp³-hybridized carbons (Fsp3) is 0.273. The van der Waals surface area contributed by atoms with Crippen LogP contribution in [-0.2, 0) is 4.79 Å². The maximum Gasteiger partial charge on any atom is 0.295 e. The van der Waals surface area contributed by atoms with E-state index in [0.717, 1.165) is 40.9 Å². The third kappa shape index (κ3) is 2.90. The van der Waals surface area contributed by atoms with Gasteiger partial charge in [0.25, 0.3) is 11.7 Å². The number of aryl methyl sites for hydroxylation is 1. The molecular weight excluding hydrogens is 366 g/mol. The molecule has 29 heavy (non-hydrogen) atoms. The number of hydrogen-bond acceptors (Lipinski definition) is 4. The van der Waals surface area contributed by atoms with Crippen molar-refractivity contribution in [1.82, 2.24) is 24.5 Å². The van der Waals surface area contributed by atoms with Crippen LogP contribution in [0.1, 0.15) is 40.6 Å². The highest BCUT2D eigenvalue weighted by Gasteiger charge is 2.31. The van der Waals surface area contributed by atoms with Crippen LogP contribution >= 0.6 is 0 Å². The van der Waals surface area contributed by atoms with Crippen molar-refractivity contribution in [3.8, 4) is 0 Å². The van der Waals surface area contributed by atoms with Crippen LogP contribution < -0.4 is 0 Å². The van der Waals surface area contributed by atoms with Crippen molar-refractivity contribution in [1.29, 1.82) is 0 Å². The molecule has 146 valence electrons. The molecule has 1 aromatic carbocycles. The molecule has 1 saturated heterocycles. The first kappa shape index (κ1) is 17.6. The third-order valence-corrected chi connectivity index (χ3v) is 5.80. The zero-order chi connectivity index (χ0) is 20.0. The maximum atomic E-state index is 13.0. The van der Waals surface area contributed by atoms with Crippen LogP contribution in [0.25, 0.3) is 16.6 Å². The second kappa shape index (κ2) is 6.84. The molecule has 7 nitrogen and oxygen atoms in total. The standard InChI is InChI=1S/C22H21N5O2/c1-14-19(16-6-2-3-7-17(16)23-14)20(28)22(29)26-12-9-15(10-13-26)21-25-24-18-8-4-5-11-27(18)21/h2-8,11,15,23H,9-10,12-13H2,1H3. The molecule has 1 aliphatic heterocycles. The number of ketones is 1. The Bertz CT molecular complexity index is 1230. The van der Waals surface area contributed by atoms with E-state index in [1.165, 1.54) is 0 Å². The Morgan fingerprint density at radius 2 is 1.79 bits per heavy atom. The largest absolute Gasteiger partial charge is 0.358 e. The van der Waals surface area contributed by atoms with Gasteiger partial charge in [0.05, 0.1) is 5.56 Å². The van der Waals surface area contributed by atoms with Gasteiger partial charge in [0, 0.05) is 41.8 Å². The average molecular weight is 387 g/mol. The molecule has 1 amide bonds. The fourth-order valence-corrected chi connectivity index (χ4v) is 4.30. The third-order valence-electron chi connectivity index (χ3n) is 5.80. The number of fused-ring (bicyclic) bond motifs is 2. The van der Waals surface area contributed by atoms with E-state index in [9.17, 15) is 9.59 Å². The summed E-state index contributed by atoms with van der Waals surface area (Å²) < 4.78 is 2.00. The first-order chi connectivity index (χ1) is 14.1. The van der Waals surface area contributed by atoms with Crippen molar-refractivity contribution in [3.63, 3.8) is 0 Å². The second-order valence-corrected chi connectivity index (χ2v) is 7.55. The predicted octanol–water partition coefficient (Wildman–Crippen LogP) is 3.11. The molecule has 4 heterocycles. The summed E-state index contributed by atoms with van der Waals surface area (Å²) in [6.45, 7) is 2.92. The molecule has 5 rings (SSSR count). The van der Waals surface area contributed by atoms with Crippen molar-refractivity contribution < 1.29 is 9.59 Å². The number of pyridine rings is 1. The summed E-state index contributed by atoms with van der Waals surface area (Å²) in [6.07, 6.45) is 3.49. The van der Waals surface area contributed by atoms with Crippen molar-refractivity contribution in [2.24, 2.45) is 0 Å². The van der Waals surface area contributed by atoms with Gasteiger partial charge in [-0.3, -0.25) is 14.0 Å². The highest BCUT2D eigenvalue weighted by Crippen LogP contribution is 2.28. The van der Waals surface area contributed by atoms with Gasteiger partial charge in [-0.05, 0) is 38.0 Å². The first-order valence-electron chi connectivity index (χ1n) is 9.84. The Kier molecular flexibility index (Phi) is 4.16. The lowest BCUT2D eigenvalue weighted by Crippen LogP contribution is -2.42. The van der Waals surface area contributed by atoms with Crippen LogP contribution in [0.5, 0.6) is 0 Å². The van der Waals surface area contributed by atoms with Crippen molar-refractivity contribution in [3.05, 3.63) is 65.7 Å². The summed E-state index contributed by atoms with van der Waals surface area (Å²) in [4.78, 5) is 30.8. The molecule has 3 aromatic heterocycles. The Morgan fingerprint density at radius 1 is 1.03 bits per heavy atom. The Labute approximate surface area is 167 Å². The first-order valence-corrected chi connectivity index (χ1v) is 9.84. The van der Waals surface area contributed by atoms with E-state index >= 15 is 0 Å². The summed E-state index contributed by atoms with van der Waals surface area (Å²) >= 11 is 0. The number of H-pyrrole nitrogens is 1. The van der Waals surface area contributed by atoms with E-state index in [0.29, 0.717) is 18.7 Å². The molecule has 0 saturated carbocycles. The molecule has 0 unspecified atom stereocenters. The van der Waals surface area contributed by atoms with Crippen LogP contribution in [0.4, 0.5) is 0 Å². The van der Waals surface area contributed by atoms with Crippen LogP contribution in [0.3, 0.4) is 0 Å². The van der Waals surface area contributed by atoms with Crippen molar-refractivity contribution in [2.45, 2.75) is 25.7 Å². The molecule has 1 N–H and O–H groups in total. The average Bonchev–Trinajstić information content (AvgIpc) is 3.33. The van der Waals surface area contributed by atoms with Gasteiger partial charge in [-0.25, -0.2) is 0 Å². The number of benzene rings is 1. The highest BCUT2D eigenvalue weighted by atomic mass is 16.2. The van der Waals surface area contributed by atoms with Gasteiger partial charge in [0.15, 0.2) is 5.65 Å². The lowest BCUT2D eigenvalue weighted by molar-refractivity contribution is -0.127. The second-order valence-electron chi connectivity index (χ2n) is 7.55. The molecule has 7 heteroatoms. The molecule has 0 bridgehead atoms. The highest BCUT2D eigenvalue weighted by molar-refractivity contribution is 6.45. The van der Waals surface area contributed by atoms with Gasteiger partial charge in [0.2, 0.25) is 0 Å². The Balaban J connectivity index is 1.33. The number of rotatable bonds is 3. The summed E-state index contributed by atoms with van der Waals surface area (Å²) in [7, 11) is 0. The van der Waals surface area contributed by atoms with Gasteiger partial charge in [-0.1, -0.05) is 24.3 Å². The topological polar surface area (TPSA) is 83.4 Å². The monoisotopic (exact) mass is 387 g/mol. The number of hydrogen-bond donors (Lipinski definition) is 1. The number of carbonyl (C=O) groups is 2. The van der Waals surface area contributed by atoms with E-state index in [4.69, 9.17) is 0 Å². The van der Waals surface area contributed by atoms with Gasteiger partial charge < -0.3 is 9.88 Å². The molecule has 4 aromatic rings. The number of para-hydroxylation sites is 1. The van der Waals surface area contributed by atoms with Gasteiger partial charge in [0.1, 0.15) is 5.82 Å². The zero-order valence-electron chi connectivity index (χ0n) is 16.1. The smallest absolute Gasteiger partial charge is 0.295 e. The number of Topliss-reactive ketones (excluding diaryl/α,β-unsaturated/α-hetero) is 1. The van der Waals surface area contributed by atoms with E-state index < -0.39 is 11.7 Å². The number of nitrogens with one attached hydrogen (secondary N) is 1. The van der Waals surface area contributed by atoms with Crippen LogP contribution in [0.15, 0.2) is 48.7 Å². The molecule has 0 spiro atoms. The van der Waals surface area contributed by atoms with Crippen LogP contribution in [-0.4, -0.2) is 49.3 Å². The number of piperidine rings is 1. The number of likely N-dealkylation sites (tertiary alicyclic amines) is 1. The minimum Gasteiger partial charge on any atom is -0.358 e. The minimum absolute atomic E-state index is 0.223. The van der Waals surface area contributed by atoms with Crippen molar-refractivity contribution >= 4 is 28.2 Å². The summed E-state index contributed by atoms with van der Waals surface area (Å²) in [6, 6.07) is 13.4. The Hall–Kier alpha value is -3.48. The normalized spacial score (nSPS) is 15.3. The Morgan fingerprint density at radius 3 is 2.62 bits per heavy atom. The van der Waals surface area contributed by atoms with E-state index in [2.05, 4.69) is 15.2 Å². The summed E-state index contributed by atoms with van der Waals surface area (Å²) in [5.74, 6) is 0.279. The van der Waals surface area contributed by atoms with Crippen LogP contribution in [0.2, 0.25) is 0 Å². The number of amides is 1. The van der Waals surface area contributed by atoms with Gasteiger partial charge in [-0.2, -0.15) is 0 Å². The van der Waals surface area contributed by atoms with E-state index in [-0.39, 0.29) is 5.92 Å². The van der Waals surface area contributed by atoms with Crippen molar-refractivity contribution in [2.75, 3.05) is 13.1 Å². The van der Waals surface area contributed by atoms with E-state index in [1.54, 1.807) is 4.90 Å². The number of aromatic nitrogens is 4. The van der Waals surface area contributed by atoms with Gasteiger partial charge in [-0.15, -0.1) is 10.2 Å². The molecule has 1 aliphatic rings.